The lowest BCUT2D eigenvalue weighted by atomic mass is 9.95. The number of rotatable bonds is 5. The van der Waals surface area contributed by atoms with E-state index in [9.17, 15) is 14.4 Å². The maximum atomic E-state index is 13.2. The summed E-state index contributed by atoms with van der Waals surface area (Å²) in [6.45, 7) is 0.168. The SMILES string of the molecule is COc1ccc2c(c1)C(=O)N(CC1(c3cc4c(-c5cccnc5)nccc4o3)NC(=O)NC1=O)C2. The third kappa shape index (κ3) is 3.22. The van der Waals surface area contributed by atoms with Crippen LogP contribution in [0.5, 0.6) is 5.75 Å². The van der Waals surface area contributed by atoms with Gasteiger partial charge in [-0.1, -0.05) is 6.07 Å². The molecule has 1 saturated heterocycles. The average Bonchev–Trinajstić information content (AvgIpc) is 3.53. The Balaban J connectivity index is 1.43. The predicted molar refractivity (Wildman–Crippen MR) is 123 cm³/mol. The number of benzene rings is 1. The molecule has 0 spiro atoms. The van der Waals surface area contributed by atoms with E-state index in [1.807, 2.05) is 12.1 Å². The number of ether oxygens (including phenoxy) is 1. The number of fused-ring (bicyclic) bond motifs is 2. The fourth-order valence-corrected chi connectivity index (χ4v) is 4.64. The maximum absolute atomic E-state index is 13.2. The molecule has 0 saturated carbocycles. The Morgan fingerprint density at radius 2 is 2.03 bits per heavy atom. The van der Waals surface area contributed by atoms with Crippen molar-refractivity contribution in [3.63, 3.8) is 0 Å². The van der Waals surface area contributed by atoms with Gasteiger partial charge < -0.3 is 19.4 Å². The number of aromatic nitrogens is 2. The summed E-state index contributed by atoms with van der Waals surface area (Å²) < 4.78 is 11.3. The molecule has 10 heteroatoms. The van der Waals surface area contributed by atoms with Gasteiger partial charge in [-0.25, -0.2) is 4.79 Å². The van der Waals surface area contributed by atoms with Crippen LogP contribution in [0.4, 0.5) is 4.79 Å². The third-order valence-corrected chi connectivity index (χ3v) is 6.37. The predicted octanol–water partition coefficient (Wildman–Crippen LogP) is 2.59. The number of hydrogen-bond acceptors (Lipinski definition) is 7. The van der Waals surface area contributed by atoms with E-state index in [0.717, 1.165) is 11.1 Å². The quantitative estimate of drug-likeness (QED) is 0.430. The number of hydrogen-bond donors (Lipinski definition) is 2. The summed E-state index contributed by atoms with van der Waals surface area (Å²) in [6.07, 6.45) is 4.95. The molecular formula is C25H19N5O5. The Morgan fingerprint density at radius 1 is 1.14 bits per heavy atom. The highest BCUT2D eigenvalue weighted by atomic mass is 16.5. The first kappa shape index (κ1) is 20.8. The Hall–Kier alpha value is -4.73. The number of urea groups is 1. The fourth-order valence-electron chi connectivity index (χ4n) is 4.64. The van der Waals surface area contributed by atoms with Crippen LogP contribution in [0.1, 0.15) is 21.7 Å². The maximum Gasteiger partial charge on any atom is 0.322 e. The summed E-state index contributed by atoms with van der Waals surface area (Å²) >= 11 is 0. The molecule has 0 aliphatic carbocycles. The number of carbonyl (C=O) groups excluding carboxylic acids is 3. The topological polar surface area (TPSA) is 127 Å². The molecule has 3 aromatic heterocycles. The van der Waals surface area contributed by atoms with Gasteiger partial charge in [0.1, 0.15) is 17.1 Å². The third-order valence-electron chi connectivity index (χ3n) is 6.37. The zero-order chi connectivity index (χ0) is 24.2. The molecule has 2 aliphatic rings. The molecule has 1 fully saturated rings. The van der Waals surface area contributed by atoms with Crippen molar-refractivity contribution in [2.24, 2.45) is 0 Å². The van der Waals surface area contributed by atoms with E-state index in [4.69, 9.17) is 9.15 Å². The zero-order valence-corrected chi connectivity index (χ0v) is 18.6. The molecule has 1 unspecified atom stereocenters. The van der Waals surface area contributed by atoms with Gasteiger partial charge in [-0.2, -0.15) is 0 Å². The molecule has 2 N–H and O–H groups in total. The van der Waals surface area contributed by atoms with Crippen LogP contribution in [-0.2, 0) is 16.9 Å². The van der Waals surface area contributed by atoms with Crippen LogP contribution < -0.4 is 15.4 Å². The molecule has 10 nitrogen and oxygen atoms in total. The van der Waals surface area contributed by atoms with Crippen molar-refractivity contribution >= 4 is 28.8 Å². The minimum Gasteiger partial charge on any atom is -0.497 e. The Labute approximate surface area is 198 Å². The van der Waals surface area contributed by atoms with Gasteiger partial charge in [0.05, 0.1) is 19.3 Å². The van der Waals surface area contributed by atoms with E-state index in [2.05, 4.69) is 20.6 Å². The number of nitrogens with one attached hydrogen (secondary N) is 2. The number of pyridine rings is 2. The molecule has 6 rings (SSSR count). The van der Waals surface area contributed by atoms with E-state index < -0.39 is 17.5 Å². The Morgan fingerprint density at radius 3 is 2.77 bits per heavy atom. The van der Waals surface area contributed by atoms with Crippen LogP contribution in [0.15, 0.2) is 65.5 Å². The van der Waals surface area contributed by atoms with Crippen LogP contribution in [0.3, 0.4) is 0 Å². The van der Waals surface area contributed by atoms with Crippen molar-refractivity contribution in [1.29, 1.82) is 0 Å². The van der Waals surface area contributed by atoms with Crippen LogP contribution in [0, 0.1) is 0 Å². The fraction of sp³-hybridized carbons (Fsp3) is 0.160. The molecule has 0 bridgehead atoms. The van der Waals surface area contributed by atoms with E-state index in [1.54, 1.807) is 48.9 Å². The van der Waals surface area contributed by atoms with E-state index in [-0.39, 0.29) is 24.8 Å². The lowest BCUT2D eigenvalue weighted by molar-refractivity contribution is -0.125. The molecule has 1 aromatic carbocycles. The number of furan rings is 1. The van der Waals surface area contributed by atoms with Crippen molar-refractivity contribution in [3.05, 3.63) is 77.9 Å². The van der Waals surface area contributed by atoms with Crippen molar-refractivity contribution in [3.8, 4) is 17.0 Å². The summed E-state index contributed by atoms with van der Waals surface area (Å²) in [5, 5.41) is 5.66. The molecular weight excluding hydrogens is 450 g/mol. The molecule has 174 valence electrons. The number of imide groups is 1. The number of amides is 4. The second kappa shape index (κ2) is 7.66. The smallest absolute Gasteiger partial charge is 0.322 e. The molecule has 2 aliphatic heterocycles. The van der Waals surface area contributed by atoms with Crippen LogP contribution in [0.2, 0.25) is 0 Å². The summed E-state index contributed by atoms with van der Waals surface area (Å²) in [4.78, 5) is 48.8. The summed E-state index contributed by atoms with van der Waals surface area (Å²) in [5.74, 6) is -0.0940. The zero-order valence-electron chi connectivity index (χ0n) is 18.6. The highest BCUT2D eigenvalue weighted by molar-refractivity contribution is 6.08. The van der Waals surface area contributed by atoms with Crippen molar-refractivity contribution in [2.45, 2.75) is 12.1 Å². The van der Waals surface area contributed by atoms with E-state index >= 15 is 0 Å². The molecule has 35 heavy (non-hydrogen) atoms. The van der Waals surface area contributed by atoms with Gasteiger partial charge in [0.2, 0.25) is 0 Å². The van der Waals surface area contributed by atoms with Crippen molar-refractivity contribution in [1.82, 2.24) is 25.5 Å². The second-order valence-electron chi connectivity index (χ2n) is 8.42. The minimum atomic E-state index is -1.61. The Kier molecular flexibility index (Phi) is 4.56. The van der Waals surface area contributed by atoms with Gasteiger partial charge in [0.15, 0.2) is 5.54 Å². The minimum absolute atomic E-state index is 0.115. The molecule has 4 amide bonds. The number of carbonyl (C=O) groups is 3. The van der Waals surface area contributed by atoms with E-state index in [0.29, 0.717) is 28.0 Å². The number of methoxy groups -OCH3 is 1. The standard InChI is InChI=1S/C25H19N5O5/c1-34-16-5-4-15-12-30(22(31)17(15)9-16)13-25(23(32)28-24(33)29-25)20-10-18-19(35-20)6-8-27-21(18)14-3-2-7-26-11-14/h2-11H,12-13H2,1H3,(H2,28,29,32,33). The normalized spacial score (nSPS) is 19.1. The highest BCUT2D eigenvalue weighted by Crippen LogP contribution is 2.37. The highest BCUT2D eigenvalue weighted by Gasteiger charge is 2.53. The Bertz CT molecular complexity index is 1520. The van der Waals surface area contributed by atoms with Gasteiger partial charge in [0, 0.05) is 41.6 Å². The summed E-state index contributed by atoms with van der Waals surface area (Å²) in [5.41, 5.74) is 1.59. The molecule has 4 aromatic rings. The first-order valence-electron chi connectivity index (χ1n) is 10.9. The molecule has 5 heterocycles. The number of nitrogens with zero attached hydrogens (tertiary/aromatic N) is 3. The largest absolute Gasteiger partial charge is 0.497 e. The second-order valence-corrected chi connectivity index (χ2v) is 8.42. The van der Waals surface area contributed by atoms with Gasteiger partial charge in [-0.3, -0.25) is 24.9 Å². The van der Waals surface area contributed by atoms with Gasteiger partial charge in [-0.05, 0) is 42.0 Å². The van der Waals surface area contributed by atoms with Crippen molar-refractivity contribution < 1.29 is 23.5 Å². The van der Waals surface area contributed by atoms with Crippen LogP contribution in [0.25, 0.3) is 22.2 Å². The van der Waals surface area contributed by atoms with Gasteiger partial charge >= 0.3 is 6.03 Å². The van der Waals surface area contributed by atoms with Gasteiger partial charge in [-0.15, -0.1) is 0 Å². The lowest BCUT2D eigenvalue weighted by Crippen LogP contribution is -2.52. The monoisotopic (exact) mass is 469 g/mol. The first-order chi connectivity index (χ1) is 17.0. The molecule has 1 atom stereocenters. The lowest BCUT2D eigenvalue weighted by Gasteiger charge is -2.29. The average molecular weight is 469 g/mol. The molecule has 0 radical (unpaired) electrons. The van der Waals surface area contributed by atoms with Crippen LogP contribution in [-0.4, -0.2) is 46.4 Å². The van der Waals surface area contributed by atoms with Crippen LogP contribution >= 0.6 is 0 Å². The van der Waals surface area contributed by atoms with Crippen molar-refractivity contribution in [2.75, 3.05) is 13.7 Å². The first-order valence-corrected chi connectivity index (χ1v) is 10.9. The summed E-state index contributed by atoms with van der Waals surface area (Å²) in [7, 11) is 1.53. The summed E-state index contributed by atoms with van der Waals surface area (Å²) in [6, 6.07) is 11.7. The van der Waals surface area contributed by atoms with E-state index in [1.165, 1.54) is 12.0 Å². The van der Waals surface area contributed by atoms with Gasteiger partial charge in [0.25, 0.3) is 11.8 Å².